The number of amides is 5. The summed E-state index contributed by atoms with van der Waals surface area (Å²) in [6, 6.07) is 25.1. The van der Waals surface area contributed by atoms with Gasteiger partial charge in [-0.25, -0.2) is 66.7 Å². The molecule has 5 amide bonds. The van der Waals surface area contributed by atoms with Gasteiger partial charge < -0.3 is 10.6 Å². The number of halogens is 15. The first-order valence-corrected chi connectivity index (χ1v) is 44.8. The van der Waals surface area contributed by atoms with Crippen LogP contribution in [-0.4, -0.2) is 168 Å². The van der Waals surface area contributed by atoms with Crippen LogP contribution < -0.4 is 37.8 Å². The Balaban J connectivity index is 0.000000171. The zero-order valence-corrected chi connectivity index (χ0v) is 77.6. The lowest BCUT2D eigenvalue weighted by Gasteiger charge is -2.19. The molecule has 0 radical (unpaired) electrons. The molecule has 1 unspecified atom stereocenters. The van der Waals surface area contributed by atoms with Crippen LogP contribution in [0.1, 0.15) is 105 Å². The van der Waals surface area contributed by atoms with Crippen LogP contribution in [0.3, 0.4) is 0 Å². The second kappa shape index (κ2) is 48.0. The van der Waals surface area contributed by atoms with E-state index in [0.29, 0.717) is 51.4 Å². The fourth-order valence-corrected chi connectivity index (χ4v) is 15.4. The van der Waals surface area contributed by atoms with Crippen LogP contribution in [0.4, 0.5) is 77.4 Å². The Morgan fingerprint density at radius 1 is 0.385 bits per heavy atom. The van der Waals surface area contributed by atoms with Crippen LogP contribution >= 0.6 is 0 Å². The summed E-state index contributed by atoms with van der Waals surface area (Å²) in [5.74, 6) is -0.803. The summed E-state index contributed by atoms with van der Waals surface area (Å²) < 4.78 is 224. The minimum atomic E-state index is -4.47. The first kappa shape index (κ1) is 107. The van der Waals surface area contributed by atoms with Gasteiger partial charge in [0.2, 0.25) is 11.8 Å². The molecular formula is C93H90F15N27O7S. The van der Waals surface area contributed by atoms with Crippen molar-refractivity contribution in [1.29, 1.82) is 0 Å². The van der Waals surface area contributed by atoms with Crippen molar-refractivity contribution in [2.24, 2.45) is 5.92 Å². The minimum Gasteiger partial charge on any atom is -0.352 e. The molecule has 13 aromatic rings. The average molecular weight is 2010 g/mol. The monoisotopic (exact) mass is 2010 g/mol. The van der Waals surface area contributed by atoms with E-state index in [0.717, 1.165) is 97.9 Å². The van der Waals surface area contributed by atoms with Crippen molar-refractivity contribution < 1.29 is 98.2 Å². The molecule has 2 aliphatic rings. The van der Waals surface area contributed by atoms with Crippen LogP contribution in [0, 0.1) is 54.4 Å². The Kier molecular flexibility index (Phi) is 36.0. The SMILES string of the molecule is Cc1cc(-c2ncn(/C=C/C(=O)NCc3cnccn3)n2)cc(C(F)(F)F)c1.Cc1cc(-c2ncn(/C=C\C(=O)NCC3CCS(=O)(=O)C3)n2)cc(C(F)(F)F)c1.Cc1cc(-c2ncn(/C=C\C(=O)NN3CCCCCC3)n2)cc(C(F)(F)F)c1.Cc1cc(-c2ncn(/C=C\C(=O)NNc3cc(C)cc(C)n3)n2)cc(C(F)(F)F)c1.Cc1cc(-c2ncn(/C=C\C(=O)NNc3ccncc3)n2)cc(C(F)(F)F)c1. The summed E-state index contributed by atoms with van der Waals surface area (Å²) in [6.45, 7) is 13.7. The highest BCUT2D eigenvalue weighted by Gasteiger charge is 2.36. The molecule has 0 aliphatic carbocycles. The van der Waals surface area contributed by atoms with E-state index >= 15 is 0 Å². The number of nitrogens with one attached hydrogen (secondary N) is 7. The molecule has 7 N–H and O–H groups in total. The number of hydrazine groups is 3. The van der Waals surface area contributed by atoms with E-state index in [1.807, 2.05) is 24.9 Å². The molecule has 50 heteroatoms. The fourth-order valence-electron chi connectivity index (χ4n) is 13.5. The molecule has 1 atom stereocenters. The van der Waals surface area contributed by atoms with Gasteiger partial charge >= 0.3 is 30.9 Å². The number of hydrogen-bond acceptors (Lipinski definition) is 24. The number of carbonyl (C=O) groups is 5. The number of aromatic nitrogens is 19. The molecule has 2 fully saturated rings. The van der Waals surface area contributed by atoms with Gasteiger partial charge in [-0.15, -0.1) is 25.5 Å². The fraction of sp³-hybridized carbons (Fsp3) is 0.258. The van der Waals surface area contributed by atoms with Gasteiger partial charge in [0.05, 0.1) is 63.4 Å². The molecule has 10 heterocycles. The molecule has 5 aromatic carbocycles. The van der Waals surface area contributed by atoms with Gasteiger partial charge in [-0.1, -0.05) is 12.8 Å². The maximum Gasteiger partial charge on any atom is 0.416 e. The van der Waals surface area contributed by atoms with E-state index in [1.54, 1.807) is 95.5 Å². The standard InChI is InChI=1S/C20H19F3N6O.C19H22F3N5O.2C18H15F3N6O.C18H19F3N4O3S/c1-12-6-14(3)25-17(9-12)26-27-18(30)4-5-29-11-24-19(28-29)15-7-13(2)8-16(10-15)20(21,22)23;1-14-10-15(12-16(11-14)19(20,21)22)18-23-13-27(25-18)9-6-17(28)24-26-7-4-2-3-5-8-26;1-12-8-13(10-14(9-12)18(19,20)21)17-23-11-27(26-17)7-4-16(28)25-24-15-2-5-22-6-3-15;1-12-6-13(8-14(7-12)18(19,20)21)17-25-11-27(26-17)5-2-16(28)24-10-15-9-22-3-4-23-15;1-12-6-14(8-15(7-12)18(19,20)21)17-23-11-25(24-17)4-2-16(26)22-9-13-3-5-29(27,28)10-13/h4-11H,1-3H3,(H,25,26)(H,27,30);6,9-13H,2-5,7-8H2,1H3,(H,24,28);2-11H,1H3,(H,22,24)(H,25,28);2-9,11H,10H2,1H3,(H,24,28);2,4,6-8,11,13H,3,5,9-10H2,1H3,(H,22,26)/b5-4-;9-6-;7-4-;5-2+;4-2-. The van der Waals surface area contributed by atoms with E-state index < -0.39 is 92.2 Å². The Hall–Kier alpha value is -16.3. The van der Waals surface area contributed by atoms with Crippen molar-refractivity contribution in [3.8, 4) is 56.9 Å². The zero-order valence-electron chi connectivity index (χ0n) is 76.8. The van der Waals surface area contributed by atoms with E-state index in [9.17, 15) is 98.2 Å². The quantitative estimate of drug-likeness (QED) is 0.0168. The van der Waals surface area contributed by atoms with Crippen LogP contribution in [0.15, 0.2) is 208 Å². The lowest BCUT2D eigenvalue weighted by atomic mass is 10.1. The van der Waals surface area contributed by atoms with E-state index in [-0.39, 0.29) is 93.4 Å². The van der Waals surface area contributed by atoms with Gasteiger partial charge in [0, 0.05) is 139 Å². The summed E-state index contributed by atoms with van der Waals surface area (Å²) in [6.07, 6.45) is 9.81. The van der Waals surface area contributed by atoms with Crippen molar-refractivity contribution in [1.82, 2.24) is 126 Å². The molecule has 0 saturated carbocycles. The summed E-state index contributed by atoms with van der Waals surface area (Å²) in [5, 5.41) is 27.6. The molecule has 143 heavy (non-hydrogen) atoms. The van der Waals surface area contributed by atoms with Crippen LogP contribution in [0.5, 0.6) is 0 Å². The predicted octanol–water partition coefficient (Wildman–Crippen LogP) is 16.0. The molecule has 8 aromatic heterocycles. The molecule has 34 nitrogen and oxygen atoms in total. The molecule has 2 saturated heterocycles. The van der Waals surface area contributed by atoms with Crippen molar-refractivity contribution in [2.45, 2.75) is 118 Å². The number of aryl methyl sites for hydroxylation is 7. The van der Waals surface area contributed by atoms with Crippen LogP contribution in [0.25, 0.3) is 87.9 Å². The Morgan fingerprint density at radius 2 is 0.727 bits per heavy atom. The number of hydrogen-bond donors (Lipinski definition) is 7. The average Bonchev–Trinajstić information content (AvgIpc) is 1.77. The van der Waals surface area contributed by atoms with E-state index in [1.165, 1.54) is 148 Å². The molecular weight excluding hydrogens is 1920 g/mol. The topological polar surface area (TPSA) is 412 Å². The molecule has 750 valence electrons. The van der Waals surface area contributed by atoms with Gasteiger partial charge in [-0.05, 0) is 222 Å². The van der Waals surface area contributed by atoms with Crippen LogP contribution in [0.2, 0.25) is 0 Å². The maximum atomic E-state index is 13.0. The van der Waals surface area contributed by atoms with Crippen molar-refractivity contribution in [3.05, 3.63) is 281 Å². The van der Waals surface area contributed by atoms with Crippen molar-refractivity contribution >= 4 is 81.9 Å². The number of rotatable bonds is 24. The summed E-state index contributed by atoms with van der Waals surface area (Å²) in [4.78, 5) is 95.6. The second-order valence-electron chi connectivity index (χ2n) is 32.2. The number of pyridine rings is 2. The number of benzene rings is 5. The molecule has 15 rings (SSSR count). The Bertz CT molecular complexity index is 6700. The first-order chi connectivity index (χ1) is 67.5. The van der Waals surface area contributed by atoms with Crippen LogP contribution in [-0.2, 0) is 71.2 Å². The largest absolute Gasteiger partial charge is 0.416 e. The van der Waals surface area contributed by atoms with Gasteiger partial charge in [-0.3, -0.25) is 66.1 Å². The molecule has 2 aliphatic heterocycles. The third-order valence-electron chi connectivity index (χ3n) is 20.0. The van der Waals surface area contributed by atoms with Gasteiger partial charge in [0.1, 0.15) is 37.5 Å². The lowest BCUT2D eigenvalue weighted by molar-refractivity contribution is -0.138. The third kappa shape index (κ3) is 34.6. The number of anilines is 2. The normalized spacial score (nSPS) is 14.0. The first-order valence-electron chi connectivity index (χ1n) is 43.0. The van der Waals surface area contributed by atoms with Crippen molar-refractivity contribution in [3.63, 3.8) is 0 Å². The zero-order chi connectivity index (χ0) is 104. The number of nitrogens with zero attached hydrogens (tertiary/aromatic N) is 20. The van der Waals surface area contributed by atoms with E-state index in [4.69, 9.17) is 0 Å². The smallest absolute Gasteiger partial charge is 0.352 e. The summed E-state index contributed by atoms with van der Waals surface area (Å²) >= 11 is 0. The summed E-state index contributed by atoms with van der Waals surface area (Å²) in [5.41, 5.74) is 15.8. The number of carbonyl (C=O) groups excluding carboxylic acids is 5. The number of alkyl halides is 15. The third-order valence-corrected chi connectivity index (χ3v) is 21.8. The maximum absolute atomic E-state index is 13.0. The lowest BCUT2D eigenvalue weighted by Crippen LogP contribution is -2.41. The Morgan fingerprint density at radius 3 is 1.06 bits per heavy atom. The minimum absolute atomic E-state index is 0.0693. The second-order valence-corrected chi connectivity index (χ2v) is 34.4. The van der Waals surface area contributed by atoms with Gasteiger partial charge in [0.25, 0.3) is 17.7 Å². The van der Waals surface area contributed by atoms with E-state index in [2.05, 4.69) is 108 Å². The Labute approximate surface area is 805 Å². The molecule has 0 bridgehead atoms. The van der Waals surface area contributed by atoms with Gasteiger partial charge in [-0.2, -0.15) is 65.9 Å². The highest BCUT2D eigenvalue weighted by molar-refractivity contribution is 7.91. The van der Waals surface area contributed by atoms with Gasteiger partial charge in [0.15, 0.2) is 39.0 Å². The summed E-state index contributed by atoms with van der Waals surface area (Å²) in [7, 11) is -3.00. The molecule has 0 spiro atoms. The predicted molar refractivity (Wildman–Crippen MR) is 496 cm³/mol. The number of sulfone groups is 1. The van der Waals surface area contributed by atoms with Crippen molar-refractivity contribution in [2.75, 3.05) is 42.0 Å². The highest BCUT2D eigenvalue weighted by atomic mass is 32.2. The highest BCUT2D eigenvalue weighted by Crippen LogP contribution is 2.38.